The first kappa shape index (κ1) is 8.02. The summed E-state index contributed by atoms with van der Waals surface area (Å²) in [7, 11) is 0. The van der Waals surface area contributed by atoms with Crippen LogP contribution < -0.4 is 5.73 Å². The van der Waals surface area contributed by atoms with E-state index in [4.69, 9.17) is 11.0 Å². The van der Waals surface area contributed by atoms with Gasteiger partial charge in [-0.25, -0.2) is 4.39 Å². The molecule has 0 aromatic heterocycles. The maximum Gasteiger partial charge on any atom is 0.161 e. The van der Waals surface area contributed by atoms with Crippen LogP contribution >= 0.6 is 15.9 Å². The molecule has 2 N–H and O–H groups in total. The third-order valence-electron chi connectivity index (χ3n) is 1.23. The smallest absolute Gasteiger partial charge is 0.161 e. The van der Waals surface area contributed by atoms with Gasteiger partial charge < -0.3 is 5.73 Å². The van der Waals surface area contributed by atoms with Gasteiger partial charge in [-0.05, 0) is 28.1 Å². The molecular weight excluding hydrogens is 211 g/mol. The lowest BCUT2D eigenvalue weighted by molar-refractivity contribution is 0.625. The van der Waals surface area contributed by atoms with Crippen LogP contribution in [0.1, 0.15) is 5.56 Å². The molecule has 0 saturated heterocycles. The van der Waals surface area contributed by atoms with Crippen molar-refractivity contribution < 1.29 is 4.39 Å². The first-order chi connectivity index (χ1) is 5.16. The van der Waals surface area contributed by atoms with Gasteiger partial charge in [-0.3, -0.25) is 0 Å². The van der Waals surface area contributed by atoms with Crippen LogP contribution in [0.5, 0.6) is 0 Å². The molecule has 0 atom stereocenters. The number of benzene rings is 1. The number of nitriles is 1. The molecule has 1 aromatic carbocycles. The summed E-state index contributed by atoms with van der Waals surface area (Å²) in [6.45, 7) is 0. The van der Waals surface area contributed by atoms with E-state index in [0.29, 0.717) is 0 Å². The Labute approximate surface area is 71.6 Å². The summed E-state index contributed by atoms with van der Waals surface area (Å²) in [6, 6.07) is 4.64. The maximum atomic E-state index is 12.9. The van der Waals surface area contributed by atoms with Gasteiger partial charge in [0.15, 0.2) is 5.82 Å². The number of hydrogen-bond acceptors (Lipinski definition) is 2. The highest BCUT2D eigenvalue weighted by molar-refractivity contribution is 9.10. The van der Waals surface area contributed by atoms with E-state index in [-0.39, 0.29) is 15.7 Å². The number of nitrogens with two attached hydrogens (primary N) is 1. The van der Waals surface area contributed by atoms with Gasteiger partial charge in [-0.2, -0.15) is 5.26 Å². The minimum Gasteiger partial charge on any atom is -0.396 e. The van der Waals surface area contributed by atoms with Crippen molar-refractivity contribution in [1.82, 2.24) is 0 Å². The normalized spacial score (nSPS) is 9.18. The first-order valence-corrected chi connectivity index (χ1v) is 3.59. The Morgan fingerprint density at radius 1 is 1.55 bits per heavy atom. The van der Waals surface area contributed by atoms with Gasteiger partial charge in [0.05, 0.1) is 15.7 Å². The topological polar surface area (TPSA) is 49.8 Å². The number of hydrogen-bond donors (Lipinski definition) is 1. The van der Waals surface area contributed by atoms with Crippen molar-refractivity contribution in [2.24, 2.45) is 0 Å². The predicted octanol–water partition coefficient (Wildman–Crippen LogP) is 2.04. The van der Waals surface area contributed by atoms with Crippen molar-refractivity contribution >= 4 is 21.6 Å². The molecule has 56 valence electrons. The molecule has 0 aliphatic carbocycles. The summed E-state index contributed by atoms with van der Waals surface area (Å²) in [4.78, 5) is 0. The van der Waals surface area contributed by atoms with Crippen molar-refractivity contribution in [3.05, 3.63) is 28.0 Å². The Morgan fingerprint density at radius 2 is 2.18 bits per heavy atom. The van der Waals surface area contributed by atoms with E-state index in [2.05, 4.69) is 15.9 Å². The molecule has 0 radical (unpaired) electrons. The Kier molecular flexibility index (Phi) is 2.11. The summed E-state index contributed by atoms with van der Waals surface area (Å²) in [6.07, 6.45) is 0. The van der Waals surface area contributed by atoms with E-state index < -0.39 is 5.82 Å². The second kappa shape index (κ2) is 2.89. The summed E-state index contributed by atoms with van der Waals surface area (Å²) < 4.78 is 13.0. The molecule has 0 aliphatic rings. The van der Waals surface area contributed by atoms with Gasteiger partial charge >= 0.3 is 0 Å². The van der Waals surface area contributed by atoms with Crippen molar-refractivity contribution in [3.63, 3.8) is 0 Å². The van der Waals surface area contributed by atoms with E-state index in [1.165, 1.54) is 12.1 Å². The van der Waals surface area contributed by atoms with E-state index in [1.54, 1.807) is 0 Å². The number of nitrogen functional groups attached to an aromatic ring is 1. The maximum absolute atomic E-state index is 12.9. The fourth-order valence-electron chi connectivity index (χ4n) is 0.651. The van der Waals surface area contributed by atoms with Crippen LogP contribution in [0, 0.1) is 17.1 Å². The Morgan fingerprint density at radius 3 is 2.73 bits per heavy atom. The van der Waals surface area contributed by atoms with Gasteiger partial charge in [-0.15, -0.1) is 0 Å². The van der Waals surface area contributed by atoms with E-state index in [1.807, 2.05) is 6.07 Å². The molecule has 2 nitrogen and oxygen atoms in total. The van der Waals surface area contributed by atoms with E-state index >= 15 is 0 Å². The molecule has 0 heterocycles. The molecule has 0 amide bonds. The number of halogens is 2. The Balaban J connectivity index is 3.40. The van der Waals surface area contributed by atoms with Crippen LogP contribution in [0.15, 0.2) is 16.6 Å². The summed E-state index contributed by atoms with van der Waals surface area (Å²) in [5, 5.41) is 8.45. The van der Waals surface area contributed by atoms with Gasteiger partial charge in [0.1, 0.15) is 6.07 Å². The standard InChI is InChI=1S/C7H4BrFN2/c8-6-4(3-10)1-2-5(11)7(6)9/h1-2H,11H2. The minimum absolute atomic E-state index is 0.0378. The molecule has 0 spiro atoms. The molecule has 0 unspecified atom stereocenters. The summed E-state index contributed by atoms with van der Waals surface area (Å²) in [5.41, 5.74) is 5.51. The van der Waals surface area contributed by atoms with Crippen LogP contribution in [-0.2, 0) is 0 Å². The van der Waals surface area contributed by atoms with Crippen molar-refractivity contribution in [2.75, 3.05) is 5.73 Å². The molecular formula is C7H4BrFN2. The first-order valence-electron chi connectivity index (χ1n) is 2.80. The number of rotatable bonds is 0. The molecule has 0 saturated carbocycles. The van der Waals surface area contributed by atoms with Gasteiger partial charge in [-0.1, -0.05) is 0 Å². The van der Waals surface area contributed by atoms with Gasteiger partial charge in [0.25, 0.3) is 0 Å². The molecule has 1 aromatic rings. The lowest BCUT2D eigenvalue weighted by Crippen LogP contribution is -1.92. The molecule has 11 heavy (non-hydrogen) atoms. The predicted molar refractivity (Wildman–Crippen MR) is 43.2 cm³/mol. The van der Waals surface area contributed by atoms with Crippen LogP contribution in [0.25, 0.3) is 0 Å². The van der Waals surface area contributed by atoms with E-state index in [9.17, 15) is 4.39 Å². The van der Waals surface area contributed by atoms with Crippen LogP contribution in [0.2, 0.25) is 0 Å². The largest absolute Gasteiger partial charge is 0.396 e. The summed E-state index contributed by atoms with van der Waals surface area (Å²) in [5.74, 6) is -0.580. The molecule has 0 bridgehead atoms. The average molecular weight is 215 g/mol. The second-order valence-corrected chi connectivity index (χ2v) is 2.74. The van der Waals surface area contributed by atoms with E-state index in [0.717, 1.165) is 0 Å². The van der Waals surface area contributed by atoms with Crippen LogP contribution in [0.3, 0.4) is 0 Å². The quantitative estimate of drug-likeness (QED) is 0.673. The monoisotopic (exact) mass is 214 g/mol. The highest BCUT2D eigenvalue weighted by Gasteiger charge is 2.07. The molecule has 4 heteroatoms. The SMILES string of the molecule is N#Cc1ccc(N)c(F)c1Br. The van der Waals surface area contributed by atoms with Crippen LogP contribution in [0.4, 0.5) is 10.1 Å². The fraction of sp³-hybridized carbons (Fsp3) is 0. The number of anilines is 1. The highest BCUT2D eigenvalue weighted by Crippen LogP contribution is 2.24. The lowest BCUT2D eigenvalue weighted by Gasteiger charge is -1.99. The van der Waals surface area contributed by atoms with Gasteiger partial charge in [0, 0.05) is 0 Å². The lowest BCUT2D eigenvalue weighted by atomic mass is 10.2. The van der Waals surface area contributed by atoms with Crippen LogP contribution in [-0.4, -0.2) is 0 Å². The van der Waals surface area contributed by atoms with Crippen molar-refractivity contribution in [3.8, 4) is 6.07 Å². The number of nitrogens with zero attached hydrogens (tertiary/aromatic N) is 1. The van der Waals surface area contributed by atoms with Crippen molar-refractivity contribution in [1.29, 1.82) is 5.26 Å². The second-order valence-electron chi connectivity index (χ2n) is 1.94. The minimum atomic E-state index is -0.580. The zero-order chi connectivity index (χ0) is 8.43. The molecule has 0 fully saturated rings. The zero-order valence-electron chi connectivity index (χ0n) is 5.44. The zero-order valence-corrected chi connectivity index (χ0v) is 7.02. The fourth-order valence-corrected chi connectivity index (χ4v) is 1.10. The Hall–Kier alpha value is -1.08. The molecule has 0 aliphatic heterocycles. The van der Waals surface area contributed by atoms with Gasteiger partial charge in [0.2, 0.25) is 0 Å². The highest BCUT2D eigenvalue weighted by atomic mass is 79.9. The third kappa shape index (κ3) is 1.33. The molecule has 1 rings (SSSR count). The average Bonchev–Trinajstić information content (AvgIpc) is 2.01. The Bertz CT molecular complexity index is 330. The van der Waals surface area contributed by atoms with Crippen molar-refractivity contribution in [2.45, 2.75) is 0 Å². The third-order valence-corrected chi connectivity index (χ3v) is 2.01. The summed E-state index contributed by atoms with van der Waals surface area (Å²) >= 11 is 2.91.